The van der Waals surface area contributed by atoms with Crippen molar-refractivity contribution < 1.29 is 8.42 Å². The predicted molar refractivity (Wildman–Crippen MR) is 73.9 cm³/mol. The zero-order valence-corrected chi connectivity index (χ0v) is 12.1. The molecule has 0 heterocycles. The normalized spacial score (nSPS) is 13.8. The molecule has 0 radical (unpaired) electrons. The van der Waals surface area contributed by atoms with Gasteiger partial charge in [-0.05, 0) is 51.7 Å². The molecule has 0 aromatic heterocycles. The average Bonchev–Trinajstić information content (AvgIpc) is 2.25. The minimum absolute atomic E-state index is 0.133. The number of hydrogen-bond donors (Lipinski definition) is 2. The minimum atomic E-state index is -3.47. The van der Waals surface area contributed by atoms with Gasteiger partial charge < -0.3 is 10.6 Å². The second-order valence-electron chi connectivity index (χ2n) is 4.69. The van der Waals surface area contributed by atoms with E-state index in [1.165, 1.54) is 6.07 Å². The summed E-state index contributed by atoms with van der Waals surface area (Å²) in [6.45, 7) is 4.07. The molecule has 1 unspecified atom stereocenters. The number of nitrogens with one attached hydrogen (secondary N) is 1. The molecular formula is C12H21N3O2S. The van der Waals surface area contributed by atoms with Gasteiger partial charge in [0.25, 0.3) is 0 Å². The van der Waals surface area contributed by atoms with Crippen molar-refractivity contribution in [1.29, 1.82) is 0 Å². The third-order valence-corrected chi connectivity index (χ3v) is 4.52. The van der Waals surface area contributed by atoms with E-state index in [1.54, 1.807) is 19.1 Å². The molecule has 0 fully saturated rings. The van der Waals surface area contributed by atoms with Gasteiger partial charge in [0.1, 0.15) is 0 Å². The van der Waals surface area contributed by atoms with Gasteiger partial charge in [0, 0.05) is 18.3 Å². The van der Waals surface area contributed by atoms with Crippen LogP contribution < -0.4 is 10.5 Å². The molecule has 6 heteroatoms. The lowest BCUT2D eigenvalue weighted by molar-refractivity contribution is 0.314. The molecule has 0 amide bonds. The molecule has 0 bridgehead atoms. The molecule has 0 spiro atoms. The van der Waals surface area contributed by atoms with Crippen LogP contribution in [0.5, 0.6) is 0 Å². The maximum absolute atomic E-state index is 12.1. The second kappa shape index (κ2) is 5.69. The van der Waals surface area contributed by atoms with E-state index in [0.29, 0.717) is 17.8 Å². The number of benzene rings is 1. The molecule has 1 atom stereocenters. The molecule has 0 saturated heterocycles. The van der Waals surface area contributed by atoms with Gasteiger partial charge in [0.05, 0.1) is 4.90 Å². The molecule has 1 aromatic rings. The lowest BCUT2D eigenvalue weighted by Crippen LogP contribution is -2.38. The maximum atomic E-state index is 12.1. The molecule has 18 heavy (non-hydrogen) atoms. The fraction of sp³-hybridized carbons (Fsp3) is 0.500. The SMILES string of the molecule is Cc1cc(N)ccc1S(=O)(=O)NCC(C)N(C)C. The van der Waals surface area contributed by atoms with Crippen LogP contribution in [0.25, 0.3) is 0 Å². The second-order valence-corrected chi connectivity index (χ2v) is 6.42. The number of rotatable bonds is 5. The first-order valence-corrected chi connectivity index (χ1v) is 7.24. The third-order valence-electron chi connectivity index (χ3n) is 2.94. The van der Waals surface area contributed by atoms with Crippen LogP contribution in [-0.4, -0.2) is 40.0 Å². The number of sulfonamides is 1. The van der Waals surface area contributed by atoms with Gasteiger partial charge >= 0.3 is 0 Å². The van der Waals surface area contributed by atoms with Crippen molar-refractivity contribution in [3.05, 3.63) is 23.8 Å². The Morgan fingerprint density at radius 1 is 1.39 bits per heavy atom. The largest absolute Gasteiger partial charge is 0.399 e. The van der Waals surface area contributed by atoms with Crippen LogP contribution in [-0.2, 0) is 10.0 Å². The van der Waals surface area contributed by atoms with Gasteiger partial charge in [-0.1, -0.05) is 0 Å². The summed E-state index contributed by atoms with van der Waals surface area (Å²) < 4.78 is 26.8. The Bertz CT molecular complexity index is 512. The highest BCUT2D eigenvalue weighted by Crippen LogP contribution is 2.17. The standard InChI is InChI=1S/C12H21N3O2S/c1-9-7-11(13)5-6-12(9)18(16,17)14-8-10(2)15(3)4/h5-7,10,14H,8,13H2,1-4H3. The zero-order chi connectivity index (χ0) is 13.9. The highest BCUT2D eigenvalue weighted by Gasteiger charge is 2.17. The van der Waals surface area contributed by atoms with Crippen molar-refractivity contribution in [2.45, 2.75) is 24.8 Å². The maximum Gasteiger partial charge on any atom is 0.240 e. The fourth-order valence-corrected chi connectivity index (χ4v) is 2.81. The average molecular weight is 271 g/mol. The van der Waals surface area contributed by atoms with Crippen molar-refractivity contribution in [2.75, 3.05) is 26.4 Å². The number of hydrogen-bond acceptors (Lipinski definition) is 4. The Morgan fingerprint density at radius 3 is 2.50 bits per heavy atom. The van der Waals surface area contributed by atoms with Crippen LogP contribution in [0, 0.1) is 6.92 Å². The van der Waals surface area contributed by atoms with Crippen molar-refractivity contribution in [2.24, 2.45) is 0 Å². The number of likely N-dealkylation sites (N-methyl/N-ethyl adjacent to an activating group) is 1. The summed E-state index contributed by atoms with van der Waals surface area (Å²) in [7, 11) is 0.352. The van der Waals surface area contributed by atoms with E-state index in [0.717, 1.165) is 0 Å². The van der Waals surface area contributed by atoms with Crippen LogP contribution >= 0.6 is 0 Å². The first kappa shape index (κ1) is 14.9. The van der Waals surface area contributed by atoms with Crippen molar-refractivity contribution >= 4 is 15.7 Å². The first-order chi connectivity index (χ1) is 8.24. The van der Waals surface area contributed by atoms with Crippen molar-refractivity contribution in [1.82, 2.24) is 9.62 Å². The molecule has 0 aliphatic carbocycles. The molecule has 1 aromatic carbocycles. The Labute approximate surface area is 109 Å². The Morgan fingerprint density at radius 2 is 2.00 bits per heavy atom. The third kappa shape index (κ3) is 3.69. The van der Waals surface area contributed by atoms with E-state index in [9.17, 15) is 8.42 Å². The van der Waals surface area contributed by atoms with Crippen molar-refractivity contribution in [3.8, 4) is 0 Å². The zero-order valence-electron chi connectivity index (χ0n) is 11.3. The monoisotopic (exact) mass is 271 g/mol. The minimum Gasteiger partial charge on any atom is -0.399 e. The summed E-state index contributed by atoms with van der Waals surface area (Å²) in [5.41, 5.74) is 6.83. The van der Waals surface area contributed by atoms with Crippen molar-refractivity contribution in [3.63, 3.8) is 0 Å². The van der Waals surface area contributed by atoms with Gasteiger partial charge in [-0.2, -0.15) is 0 Å². The summed E-state index contributed by atoms with van der Waals surface area (Å²) in [6.07, 6.45) is 0. The number of nitrogens with two attached hydrogens (primary N) is 1. The highest BCUT2D eigenvalue weighted by molar-refractivity contribution is 7.89. The molecule has 5 nitrogen and oxygen atoms in total. The van der Waals surface area contributed by atoms with E-state index in [-0.39, 0.29) is 10.9 Å². The first-order valence-electron chi connectivity index (χ1n) is 5.76. The summed E-state index contributed by atoms with van der Waals surface area (Å²) in [5.74, 6) is 0. The van der Waals surface area contributed by atoms with Crippen LogP contribution in [0.2, 0.25) is 0 Å². The van der Waals surface area contributed by atoms with Crippen LogP contribution in [0.3, 0.4) is 0 Å². The summed E-state index contributed by atoms with van der Waals surface area (Å²) in [4.78, 5) is 2.24. The number of nitrogen functional groups attached to an aromatic ring is 1. The lowest BCUT2D eigenvalue weighted by Gasteiger charge is -2.20. The van der Waals surface area contributed by atoms with Crippen LogP contribution in [0.4, 0.5) is 5.69 Å². The smallest absolute Gasteiger partial charge is 0.240 e. The van der Waals surface area contributed by atoms with E-state index in [1.807, 2.05) is 25.9 Å². The molecule has 0 saturated carbocycles. The van der Waals surface area contributed by atoms with Crippen LogP contribution in [0.15, 0.2) is 23.1 Å². The molecule has 3 N–H and O–H groups in total. The fourth-order valence-electron chi connectivity index (χ4n) is 1.46. The Balaban J connectivity index is 2.87. The molecule has 102 valence electrons. The molecule has 0 aliphatic rings. The van der Waals surface area contributed by atoms with Gasteiger partial charge in [-0.15, -0.1) is 0 Å². The van der Waals surface area contributed by atoms with Crippen LogP contribution in [0.1, 0.15) is 12.5 Å². The molecule has 0 aliphatic heterocycles. The Kier molecular flexibility index (Phi) is 4.72. The van der Waals surface area contributed by atoms with Gasteiger partial charge in [0.15, 0.2) is 0 Å². The highest BCUT2D eigenvalue weighted by atomic mass is 32.2. The number of nitrogens with zero attached hydrogens (tertiary/aromatic N) is 1. The summed E-state index contributed by atoms with van der Waals surface area (Å²) >= 11 is 0. The van der Waals surface area contributed by atoms with Gasteiger partial charge in [-0.3, -0.25) is 0 Å². The Hall–Kier alpha value is -1.11. The van der Waals surface area contributed by atoms with E-state index in [4.69, 9.17) is 5.73 Å². The van der Waals surface area contributed by atoms with Gasteiger partial charge in [-0.25, -0.2) is 13.1 Å². The van der Waals surface area contributed by atoms with E-state index >= 15 is 0 Å². The summed E-state index contributed by atoms with van der Waals surface area (Å²) in [6, 6.07) is 4.92. The topological polar surface area (TPSA) is 75.4 Å². The van der Waals surface area contributed by atoms with Gasteiger partial charge in [0.2, 0.25) is 10.0 Å². The molecule has 1 rings (SSSR count). The predicted octanol–water partition coefficient (Wildman–Crippen LogP) is 0.806. The summed E-state index contributed by atoms with van der Waals surface area (Å²) in [5, 5.41) is 0. The number of aryl methyl sites for hydroxylation is 1. The van der Waals surface area contributed by atoms with E-state index in [2.05, 4.69) is 4.72 Å². The molecular weight excluding hydrogens is 250 g/mol. The lowest BCUT2D eigenvalue weighted by atomic mass is 10.2. The van der Waals surface area contributed by atoms with E-state index < -0.39 is 10.0 Å². The quantitative estimate of drug-likeness (QED) is 0.777. The number of anilines is 1.